The molecule has 1 aliphatic heterocycles. The van der Waals surface area contributed by atoms with E-state index in [2.05, 4.69) is 57.8 Å². The lowest BCUT2D eigenvalue weighted by Crippen LogP contribution is -2.38. The Morgan fingerprint density at radius 2 is 1.77 bits per heavy atom. The van der Waals surface area contributed by atoms with Gasteiger partial charge in [-0.25, -0.2) is 0 Å². The van der Waals surface area contributed by atoms with Gasteiger partial charge in [0, 0.05) is 39.8 Å². The van der Waals surface area contributed by atoms with Crippen molar-refractivity contribution in [1.82, 2.24) is 15.5 Å². The zero-order valence-corrected chi connectivity index (χ0v) is 18.2. The fourth-order valence-corrected chi connectivity index (χ4v) is 3.46. The second-order valence-electron chi connectivity index (χ2n) is 7.48. The van der Waals surface area contributed by atoms with Crippen LogP contribution in [0.25, 0.3) is 0 Å². The summed E-state index contributed by atoms with van der Waals surface area (Å²) in [6.45, 7) is 8.90. The summed E-state index contributed by atoms with van der Waals surface area (Å²) in [7, 11) is 1.80. The van der Waals surface area contributed by atoms with Crippen LogP contribution in [0, 0.1) is 6.92 Å². The molecule has 0 aromatic heterocycles. The van der Waals surface area contributed by atoms with Gasteiger partial charge in [-0.1, -0.05) is 42.5 Å². The first kappa shape index (κ1) is 22.1. The number of nitrogens with zero attached hydrogens (tertiary/aromatic N) is 2. The van der Waals surface area contributed by atoms with E-state index in [1.165, 1.54) is 16.7 Å². The molecule has 3 rings (SSSR count). The third-order valence-electron chi connectivity index (χ3n) is 5.25. The summed E-state index contributed by atoms with van der Waals surface area (Å²) < 4.78 is 11.3. The monoisotopic (exact) mass is 410 g/mol. The van der Waals surface area contributed by atoms with Crippen molar-refractivity contribution in [3.05, 3.63) is 65.2 Å². The number of morpholine rings is 1. The number of para-hydroxylation sites is 1. The van der Waals surface area contributed by atoms with Gasteiger partial charge >= 0.3 is 0 Å². The molecule has 0 saturated carbocycles. The van der Waals surface area contributed by atoms with Gasteiger partial charge in [0.25, 0.3) is 0 Å². The average Bonchev–Trinajstić information content (AvgIpc) is 2.78. The van der Waals surface area contributed by atoms with E-state index in [0.29, 0.717) is 6.61 Å². The quantitative estimate of drug-likeness (QED) is 0.378. The molecule has 2 aromatic rings. The molecule has 0 spiro atoms. The summed E-state index contributed by atoms with van der Waals surface area (Å²) in [5, 5.41) is 6.81. The lowest BCUT2D eigenvalue weighted by atomic mass is 10.1. The van der Waals surface area contributed by atoms with Crippen LogP contribution in [0.4, 0.5) is 0 Å². The van der Waals surface area contributed by atoms with E-state index >= 15 is 0 Å². The summed E-state index contributed by atoms with van der Waals surface area (Å²) in [5.74, 6) is 1.77. The molecule has 30 heavy (non-hydrogen) atoms. The Balaban J connectivity index is 1.40. The minimum atomic E-state index is 0.678. The van der Waals surface area contributed by atoms with E-state index in [0.717, 1.165) is 64.1 Å². The molecule has 1 saturated heterocycles. The summed E-state index contributed by atoms with van der Waals surface area (Å²) in [6.07, 6.45) is 0.905. The molecular weight excluding hydrogens is 376 g/mol. The SMILES string of the molecule is CN=C(NCCCOc1ccccc1C)NCc1ccccc1CN1CCOCC1. The Morgan fingerprint density at radius 3 is 2.53 bits per heavy atom. The van der Waals surface area contributed by atoms with Crippen LogP contribution in [-0.2, 0) is 17.8 Å². The Morgan fingerprint density at radius 1 is 1.03 bits per heavy atom. The van der Waals surface area contributed by atoms with Crippen LogP contribution >= 0.6 is 0 Å². The summed E-state index contributed by atoms with van der Waals surface area (Å²) >= 11 is 0. The van der Waals surface area contributed by atoms with E-state index in [-0.39, 0.29) is 0 Å². The molecule has 1 aliphatic rings. The minimum Gasteiger partial charge on any atom is -0.493 e. The van der Waals surface area contributed by atoms with Crippen LogP contribution in [0.1, 0.15) is 23.1 Å². The van der Waals surface area contributed by atoms with Gasteiger partial charge in [-0.2, -0.15) is 0 Å². The molecule has 6 nitrogen and oxygen atoms in total. The van der Waals surface area contributed by atoms with Crippen LogP contribution in [0.2, 0.25) is 0 Å². The number of hydrogen-bond acceptors (Lipinski definition) is 4. The predicted molar refractivity (Wildman–Crippen MR) is 122 cm³/mol. The number of hydrogen-bond donors (Lipinski definition) is 2. The van der Waals surface area contributed by atoms with E-state index in [4.69, 9.17) is 9.47 Å². The van der Waals surface area contributed by atoms with Crippen LogP contribution < -0.4 is 15.4 Å². The molecule has 2 N–H and O–H groups in total. The van der Waals surface area contributed by atoms with Crippen molar-refractivity contribution in [3.63, 3.8) is 0 Å². The Labute approximate surface area is 180 Å². The number of benzene rings is 2. The van der Waals surface area contributed by atoms with Gasteiger partial charge in [-0.3, -0.25) is 9.89 Å². The molecule has 0 unspecified atom stereocenters. The lowest BCUT2D eigenvalue weighted by Gasteiger charge is -2.27. The molecule has 0 aliphatic carbocycles. The molecule has 1 fully saturated rings. The molecule has 0 amide bonds. The largest absolute Gasteiger partial charge is 0.493 e. The van der Waals surface area contributed by atoms with E-state index in [1.54, 1.807) is 7.05 Å². The molecule has 1 heterocycles. The molecule has 0 atom stereocenters. The molecule has 2 aromatic carbocycles. The maximum absolute atomic E-state index is 5.86. The van der Waals surface area contributed by atoms with Gasteiger partial charge in [-0.15, -0.1) is 0 Å². The number of nitrogens with one attached hydrogen (secondary N) is 2. The first-order chi connectivity index (χ1) is 14.8. The molecular formula is C24H34N4O2. The molecule has 0 radical (unpaired) electrons. The fourth-order valence-electron chi connectivity index (χ4n) is 3.46. The van der Waals surface area contributed by atoms with E-state index in [9.17, 15) is 0 Å². The van der Waals surface area contributed by atoms with E-state index in [1.807, 2.05) is 18.2 Å². The predicted octanol–water partition coefficient (Wildman–Crippen LogP) is 2.96. The van der Waals surface area contributed by atoms with Crippen molar-refractivity contribution in [1.29, 1.82) is 0 Å². The zero-order chi connectivity index (χ0) is 21.0. The van der Waals surface area contributed by atoms with Crippen LogP contribution in [0.15, 0.2) is 53.5 Å². The average molecular weight is 411 g/mol. The number of aryl methyl sites for hydroxylation is 1. The van der Waals surface area contributed by atoms with Gasteiger partial charge in [0.05, 0.1) is 19.8 Å². The Bertz CT molecular complexity index is 803. The van der Waals surface area contributed by atoms with Crippen LogP contribution in [-0.4, -0.2) is 57.4 Å². The van der Waals surface area contributed by atoms with Gasteiger partial charge < -0.3 is 20.1 Å². The van der Waals surface area contributed by atoms with Gasteiger partial charge in [0.1, 0.15) is 5.75 Å². The van der Waals surface area contributed by atoms with Crippen molar-refractivity contribution in [3.8, 4) is 5.75 Å². The summed E-state index contributed by atoms with van der Waals surface area (Å²) in [5.41, 5.74) is 3.82. The molecule has 6 heteroatoms. The first-order valence-corrected chi connectivity index (χ1v) is 10.8. The normalized spacial score (nSPS) is 15.1. The second kappa shape index (κ2) is 12.2. The van der Waals surface area contributed by atoms with Gasteiger partial charge in [0.2, 0.25) is 0 Å². The van der Waals surface area contributed by atoms with E-state index < -0.39 is 0 Å². The van der Waals surface area contributed by atoms with Gasteiger partial charge in [-0.05, 0) is 36.1 Å². The Hall–Kier alpha value is -2.57. The van der Waals surface area contributed by atoms with Crippen molar-refractivity contribution >= 4 is 5.96 Å². The maximum atomic E-state index is 5.86. The first-order valence-electron chi connectivity index (χ1n) is 10.8. The highest BCUT2D eigenvalue weighted by molar-refractivity contribution is 5.79. The standard InChI is InChI=1S/C24H34N4O2/c1-20-8-3-6-11-23(20)30-15-7-12-26-24(25-2)27-18-21-9-4-5-10-22(21)19-28-13-16-29-17-14-28/h3-6,8-11H,7,12-19H2,1-2H3,(H2,25,26,27). The topological polar surface area (TPSA) is 58.1 Å². The summed E-state index contributed by atoms with van der Waals surface area (Å²) in [4.78, 5) is 6.79. The van der Waals surface area contributed by atoms with Crippen LogP contribution in [0.3, 0.4) is 0 Å². The van der Waals surface area contributed by atoms with Crippen LogP contribution in [0.5, 0.6) is 5.75 Å². The number of guanidine groups is 1. The smallest absolute Gasteiger partial charge is 0.191 e. The zero-order valence-electron chi connectivity index (χ0n) is 18.2. The minimum absolute atomic E-state index is 0.678. The highest BCUT2D eigenvalue weighted by Crippen LogP contribution is 2.16. The third kappa shape index (κ3) is 7.04. The fraction of sp³-hybridized carbons (Fsp3) is 0.458. The maximum Gasteiger partial charge on any atom is 0.191 e. The molecule has 0 bridgehead atoms. The van der Waals surface area contributed by atoms with Crippen molar-refractivity contribution in [2.24, 2.45) is 4.99 Å². The van der Waals surface area contributed by atoms with Crippen molar-refractivity contribution < 1.29 is 9.47 Å². The summed E-state index contributed by atoms with van der Waals surface area (Å²) in [6, 6.07) is 16.7. The highest BCUT2D eigenvalue weighted by Gasteiger charge is 2.12. The third-order valence-corrected chi connectivity index (χ3v) is 5.25. The number of rotatable bonds is 9. The highest BCUT2D eigenvalue weighted by atomic mass is 16.5. The second-order valence-corrected chi connectivity index (χ2v) is 7.48. The Kier molecular flexibility index (Phi) is 9.00. The lowest BCUT2D eigenvalue weighted by molar-refractivity contribution is 0.0341. The van der Waals surface area contributed by atoms with Crippen molar-refractivity contribution in [2.45, 2.75) is 26.4 Å². The number of ether oxygens (including phenoxy) is 2. The molecule has 162 valence electrons. The van der Waals surface area contributed by atoms with Gasteiger partial charge in [0.15, 0.2) is 5.96 Å². The van der Waals surface area contributed by atoms with Crippen molar-refractivity contribution in [2.75, 3.05) is 46.5 Å². The number of aliphatic imine (C=N–C) groups is 1.